The standard InChI is InChI=1S/C25H24N6O2/c1-3-4-10-21-17(2)27-24-28-25(29-31(24)23(21)33)30(22(32)20-8-6-5-7-9-20)16-19-13-11-18(15-26)12-14-19/h5-9,11-14H,3-4,10,16H2,1-2H3,(H,27,28,29). The van der Waals surface area contributed by atoms with Gasteiger partial charge in [0.05, 0.1) is 23.9 Å². The zero-order valence-electron chi connectivity index (χ0n) is 18.6. The third kappa shape index (κ3) is 4.53. The van der Waals surface area contributed by atoms with Crippen LogP contribution >= 0.6 is 0 Å². The first-order valence-electron chi connectivity index (χ1n) is 10.9. The zero-order valence-corrected chi connectivity index (χ0v) is 18.6. The highest BCUT2D eigenvalue weighted by atomic mass is 16.2. The van der Waals surface area contributed by atoms with Gasteiger partial charge in [0.2, 0.25) is 5.95 Å². The van der Waals surface area contributed by atoms with Crippen molar-refractivity contribution in [3.63, 3.8) is 0 Å². The van der Waals surface area contributed by atoms with E-state index >= 15 is 0 Å². The van der Waals surface area contributed by atoms with E-state index in [-0.39, 0.29) is 29.7 Å². The molecule has 0 radical (unpaired) electrons. The van der Waals surface area contributed by atoms with Crippen LogP contribution in [0.15, 0.2) is 59.4 Å². The molecule has 0 saturated carbocycles. The number of unbranched alkanes of at least 4 members (excludes halogenated alkanes) is 1. The Kier molecular flexibility index (Phi) is 6.31. The Bertz CT molecular complexity index is 1380. The second kappa shape index (κ2) is 9.49. The molecule has 0 bridgehead atoms. The number of H-pyrrole nitrogens is 1. The van der Waals surface area contributed by atoms with Gasteiger partial charge in [0.15, 0.2) is 0 Å². The fourth-order valence-electron chi connectivity index (χ4n) is 3.65. The van der Waals surface area contributed by atoms with Crippen LogP contribution in [0.5, 0.6) is 0 Å². The topological polar surface area (TPSA) is 107 Å². The molecule has 0 aliphatic heterocycles. The molecule has 4 aromatic rings. The number of fused-ring (bicyclic) bond motifs is 1. The van der Waals surface area contributed by atoms with Crippen molar-refractivity contribution in [2.24, 2.45) is 0 Å². The maximum atomic E-state index is 13.4. The number of nitrogens with one attached hydrogen (secondary N) is 1. The summed E-state index contributed by atoms with van der Waals surface area (Å²) in [7, 11) is 0. The maximum absolute atomic E-state index is 13.4. The molecule has 2 aromatic heterocycles. The van der Waals surface area contributed by atoms with Crippen LogP contribution in [0.3, 0.4) is 0 Å². The van der Waals surface area contributed by atoms with Crippen molar-refractivity contribution < 1.29 is 4.79 Å². The summed E-state index contributed by atoms with van der Waals surface area (Å²) in [6, 6.07) is 18.0. The van der Waals surface area contributed by atoms with Crippen LogP contribution in [0.4, 0.5) is 5.95 Å². The average molecular weight is 441 g/mol. The molecule has 4 rings (SSSR count). The van der Waals surface area contributed by atoms with Gasteiger partial charge < -0.3 is 0 Å². The highest BCUT2D eigenvalue weighted by Crippen LogP contribution is 2.18. The van der Waals surface area contributed by atoms with E-state index in [1.165, 1.54) is 9.42 Å². The summed E-state index contributed by atoms with van der Waals surface area (Å²) in [6.07, 6.45) is 2.51. The quantitative estimate of drug-likeness (QED) is 0.470. The van der Waals surface area contributed by atoms with Gasteiger partial charge in [-0.05, 0) is 49.6 Å². The van der Waals surface area contributed by atoms with Gasteiger partial charge in [0, 0.05) is 11.1 Å². The zero-order chi connectivity index (χ0) is 23.4. The second-order valence-electron chi connectivity index (χ2n) is 7.83. The van der Waals surface area contributed by atoms with Crippen LogP contribution in [0.1, 0.15) is 52.5 Å². The fourth-order valence-corrected chi connectivity index (χ4v) is 3.65. The first-order chi connectivity index (χ1) is 16.0. The molecule has 8 heteroatoms. The summed E-state index contributed by atoms with van der Waals surface area (Å²) in [5, 5.41) is 12.0. The largest absolute Gasteiger partial charge is 0.277 e. The van der Waals surface area contributed by atoms with E-state index in [0.717, 1.165) is 18.4 Å². The molecule has 0 aliphatic carbocycles. The van der Waals surface area contributed by atoms with E-state index in [1.807, 2.05) is 13.0 Å². The summed E-state index contributed by atoms with van der Waals surface area (Å²) in [5.74, 6) is 0.179. The summed E-state index contributed by atoms with van der Waals surface area (Å²) in [4.78, 5) is 37.0. The van der Waals surface area contributed by atoms with Crippen molar-refractivity contribution in [2.75, 3.05) is 4.90 Å². The molecule has 0 saturated heterocycles. The van der Waals surface area contributed by atoms with Crippen molar-refractivity contribution in [1.82, 2.24) is 19.6 Å². The number of amides is 1. The Morgan fingerprint density at radius 1 is 1.12 bits per heavy atom. The minimum absolute atomic E-state index is 0.199. The van der Waals surface area contributed by atoms with Gasteiger partial charge in [0.25, 0.3) is 17.2 Å². The molecule has 1 amide bonds. The number of rotatable bonds is 7. The number of aromatic amines is 1. The number of aromatic nitrogens is 4. The molecular weight excluding hydrogens is 416 g/mol. The van der Waals surface area contributed by atoms with Gasteiger partial charge >= 0.3 is 0 Å². The van der Waals surface area contributed by atoms with Crippen molar-refractivity contribution in [3.05, 3.63) is 92.9 Å². The number of carbonyl (C=O) groups excluding carboxylic acids is 1. The Morgan fingerprint density at radius 3 is 2.52 bits per heavy atom. The lowest BCUT2D eigenvalue weighted by Gasteiger charge is -2.20. The van der Waals surface area contributed by atoms with Gasteiger partial charge in [-0.15, -0.1) is 0 Å². The first kappa shape index (κ1) is 22.0. The van der Waals surface area contributed by atoms with Gasteiger partial charge in [0.1, 0.15) is 0 Å². The molecule has 33 heavy (non-hydrogen) atoms. The fraction of sp³-hybridized carbons (Fsp3) is 0.240. The van der Waals surface area contributed by atoms with Crippen LogP contribution in [-0.2, 0) is 13.0 Å². The van der Waals surface area contributed by atoms with E-state index in [1.54, 1.807) is 48.5 Å². The summed E-state index contributed by atoms with van der Waals surface area (Å²) < 4.78 is 1.30. The Balaban J connectivity index is 1.78. The van der Waals surface area contributed by atoms with E-state index in [9.17, 15) is 9.59 Å². The van der Waals surface area contributed by atoms with Crippen molar-refractivity contribution in [1.29, 1.82) is 5.26 Å². The highest BCUT2D eigenvalue weighted by molar-refractivity contribution is 6.05. The molecule has 2 heterocycles. The molecule has 0 spiro atoms. The highest BCUT2D eigenvalue weighted by Gasteiger charge is 2.23. The van der Waals surface area contributed by atoms with Crippen molar-refractivity contribution >= 4 is 17.6 Å². The number of benzene rings is 2. The minimum atomic E-state index is -0.269. The monoisotopic (exact) mass is 440 g/mol. The third-order valence-corrected chi connectivity index (χ3v) is 5.51. The van der Waals surface area contributed by atoms with Crippen LogP contribution in [0.25, 0.3) is 5.78 Å². The Labute approximate surface area is 191 Å². The average Bonchev–Trinajstić information content (AvgIpc) is 3.27. The molecule has 0 fully saturated rings. The van der Waals surface area contributed by atoms with Crippen LogP contribution < -0.4 is 10.5 Å². The summed E-state index contributed by atoms with van der Waals surface area (Å²) >= 11 is 0. The lowest BCUT2D eigenvalue weighted by Crippen LogP contribution is -2.31. The van der Waals surface area contributed by atoms with Crippen LogP contribution in [-0.4, -0.2) is 25.5 Å². The third-order valence-electron chi connectivity index (χ3n) is 5.51. The molecule has 0 aliphatic rings. The first-order valence-corrected chi connectivity index (χ1v) is 10.9. The predicted molar refractivity (Wildman–Crippen MR) is 125 cm³/mol. The van der Waals surface area contributed by atoms with Crippen molar-refractivity contribution in [2.45, 2.75) is 39.7 Å². The van der Waals surface area contributed by atoms with E-state index in [0.29, 0.717) is 28.8 Å². The minimum Gasteiger partial charge on any atom is -0.272 e. The molecule has 0 atom stereocenters. The normalized spacial score (nSPS) is 10.8. The van der Waals surface area contributed by atoms with Gasteiger partial charge in [-0.1, -0.05) is 43.7 Å². The lowest BCUT2D eigenvalue weighted by molar-refractivity contribution is 0.0983. The number of aryl methyl sites for hydroxylation is 1. The summed E-state index contributed by atoms with van der Waals surface area (Å²) in [6.45, 7) is 4.09. The molecule has 166 valence electrons. The molecule has 1 N–H and O–H groups in total. The van der Waals surface area contributed by atoms with Crippen LogP contribution in [0.2, 0.25) is 0 Å². The predicted octanol–water partition coefficient (Wildman–Crippen LogP) is 3.79. The number of carbonyl (C=O) groups is 1. The number of nitrogens with zero attached hydrogens (tertiary/aromatic N) is 5. The maximum Gasteiger partial charge on any atom is 0.277 e. The van der Waals surface area contributed by atoms with Gasteiger partial charge in [-0.25, -0.2) is 4.98 Å². The van der Waals surface area contributed by atoms with E-state index in [2.05, 4.69) is 28.1 Å². The second-order valence-corrected chi connectivity index (χ2v) is 7.83. The Hall–Kier alpha value is -4.25. The number of hydrogen-bond acceptors (Lipinski definition) is 5. The Morgan fingerprint density at radius 2 is 1.85 bits per heavy atom. The molecule has 2 aromatic carbocycles. The van der Waals surface area contributed by atoms with E-state index < -0.39 is 0 Å². The lowest BCUT2D eigenvalue weighted by atomic mass is 10.1. The smallest absolute Gasteiger partial charge is 0.272 e. The number of nitriles is 1. The summed E-state index contributed by atoms with van der Waals surface area (Å²) in [5.41, 5.74) is 2.95. The van der Waals surface area contributed by atoms with Crippen LogP contribution in [0, 0.1) is 18.3 Å². The molecular formula is C25H24N6O2. The molecule has 8 nitrogen and oxygen atoms in total. The van der Waals surface area contributed by atoms with Crippen molar-refractivity contribution in [3.8, 4) is 6.07 Å². The van der Waals surface area contributed by atoms with Gasteiger partial charge in [-0.3, -0.25) is 19.6 Å². The van der Waals surface area contributed by atoms with Gasteiger partial charge in [-0.2, -0.15) is 14.8 Å². The number of hydrogen-bond donors (Lipinski definition) is 1. The SMILES string of the molecule is CCCCc1c(C)nc2nc(N(Cc3ccc(C#N)cc3)C(=O)c3ccccc3)[nH]n2c1=O. The molecule has 0 unspecified atom stereocenters. The van der Waals surface area contributed by atoms with E-state index in [4.69, 9.17) is 5.26 Å². The number of anilines is 1.